The third-order valence-electron chi connectivity index (χ3n) is 4.84. The van der Waals surface area contributed by atoms with Crippen molar-refractivity contribution in [3.63, 3.8) is 0 Å². The van der Waals surface area contributed by atoms with Crippen molar-refractivity contribution >= 4 is 50.5 Å². The SMILES string of the molecule is Cc1ccc(C2=Nc3ccccc3N(CC(=O)Nc3cccc(Br)c3)C(=O)C2)cc1. The standard InChI is InChI=1S/C24H20BrN3O2/c1-16-9-11-17(12-10-16)21-14-24(30)28(22-8-3-2-7-20(22)27-21)15-23(29)26-19-6-4-5-18(25)13-19/h2-13H,14-15H2,1H3,(H,26,29). The van der Waals surface area contributed by atoms with Crippen LogP contribution in [0.1, 0.15) is 17.5 Å². The average molecular weight is 462 g/mol. The van der Waals surface area contributed by atoms with E-state index in [1.807, 2.05) is 73.7 Å². The molecule has 0 radical (unpaired) electrons. The van der Waals surface area contributed by atoms with Gasteiger partial charge in [0.15, 0.2) is 0 Å². The Bertz CT molecular complexity index is 1140. The Morgan fingerprint density at radius 2 is 1.83 bits per heavy atom. The lowest BCUT2D eigenvalue weighted by Gasteiger charge is -2.22. The number of nitrogens with one attached hydrogen (secondary N) is 1. The molecule has 1 N–H and O–H groups in total. The summed E-state index contributed by atoms with van der Waals surface area (Å²) in [5.41, 5.74) is 4.72. The van der Waals surface area contributed by atoms with E-state index >= 15 is 0 Å². The van der Waals surface area contributed by atoms with Gasteiger partial charge in [0.05, 0.1) is 23.5 Å². The molecule has 0 aliphatic carbocycles. The monoisotopic (exact) mass is 461 g/mol. The molecular formula is C24H20BrN3O2. The lowest BCUT2D eigenvalue weighted by atomic mass is 10.1. The van der Waals surface area contributed by atoms with Gasteiger partial charge in [0.25, 0.3) is 0 Å². The first-order chi connectivity index (χ1) is 14.5. The zero-order chi connectivity index (χ0) is 21.1. The van der Waals surface area contributed by atoms with Crippen LogP contribution in [0.3, 0.4) is 0 Å². The predicted octanol–water partition coefficient (Wildman–Crippen LogP) is 5.25. The molecule has 30 heavy (non-hydrogen) atoms. The largest absolute Gasteiger partial charge is 0.324 e. The van der Waals surface area contributed by atoms with Crippen molar-refractivity contribution in [3.8, 4) is 0 Å². The molecule has 4 rings (SSSR count). The molecule has 0 saturated carbocycles. The van der Waals surface area contributed by atoms with E-state index in [0.717, 1.165) is 15.6 Å². The second-order valence-electron chi connectivity index (χ2n) is 7.13. The quantitative estimate of drug-likeness (QED) is 0.576. The Balaban J connectivity index is 1.61. The first-order valence-electron chi connectivity index (χ1n) is 9.59. The van der Waals surface area contributed by atoms with Gasteiger partial charge in [-0.05, 0) is 42.8 Å². The van der Waals surface area contributed by atoms with Gasteiger partial charge >= 0.3 is 0 Å². The molecule has 3 aromatic carbocycles. The van der Waals surface area contributed by atoms with Crippen LogP contribution in [0, 0.1) is 6.92 Å². The summed E-state index contributed by atoms with van der Waals surface area (Å²) in [7, 11) is 0. The minimum Gasteiger partial charge on any atom is -0.324 e. The third-order valence-corrected chi connectivity index (χ3v) is 5.34. The van der Waals surface area contributed by atoms with E-state index in [4.69, 9.17) is 4.99 Å². The summed E-state index contributed by atoms with van der Waals surface area (Å²) in [6.45, 7) is 1.93. The molecule has 0 saturated heterocycles. The number of benzene rings is 3. The fraction of sp³-hybridized carbons (Fsp3) is 0.125. The van der Waals surface area contributed by atoms with Crippen LogP contribution >= 0.6 is 15.9 Å². The van der Waals surface area contributed by atoms with E-state index in [9.17, 15) is 9.59 Å². The number of aryl methyl sites for hydroxylation is 1. The number of rotatable bonds is 4. The van der Waals surface area contributed by atoms with E-state index in [1.54, 1.807) is 6.07 Å². The van der Waals surface area contributed by atoms with Crippen LogP contribution in [0.15, 0.2) is 82.3 Å². The molecule has 1 heterocycles. The predicted molar refractivity (Wildman–Crippen MR) is 124 cm³/mol. The first kappa shape index (κ1) is 20.0. The second-order valence-corrected chi connectivity index (χ2v) is 8.04. The average Bonchev–Trinajstić information content (AvgIpc) is 2.85. The lowest BCUT2D eigenvalue weighted by molar-refractivity contribution is -0.120. The van der Waals surface area contributed by atoms with Crippen molar-refractivity contribution in [3.05, 3.63) is 88.4 Å². The van der Waals surface area contributed by atoms with E-state index < -0.39 is 0 Å². The molecule has 0 fully saturated rings. The van der Waals surface area contributed by atoms with Crippen molar-refractivity contribution in [1.82, 2.24) is 0 Å². The number of amides is 2. The summed E-state index contributed by atoms with van der Waals surface area (Å²) in [6, 6.07) is 22.7. The van der Waals surface area contributed by atoms with Gasteiger partial charge in [0, 0.05) is 10.2 Å². The van der Waals surface area contributed by atoms with Crippen molar-refractivity contribution in [1.29, 1.82) is 0 Å². The van der Waals surface area contributed by atoms with Gasteiger partial charge in [-0.1, -0.05) is 64.0 Å². The minimum absolute atomic E-state index is 0.0843. The van der Waals surface area contributed by atoms with E-state index in [0.29, 0.717) is 22.8 Å². The van der Waals surface area contributed by atoms with Crippen LogP contribution < -0.4 is 10.2 Å². The molecule has 6 heteroatoms. The highest BCUT2D eigenvalue weighted by atomic mass is 79.9. The topological polar surface area (TPSA) is 61.8 Å². The molecule has 0 bridgehead atoms. The van der Waals surface area contributed by atoms with E-state index in [2.05, 4.69) is 21.2 Å². The smallest absolute Gasteiger partial charge is 0.244 e. The Labute approximate surface area is 183 Å². The molecule has 2 amide bonds. The number of fused-ring (bicyclic) bond motifs is 1. The van der Waals surface area contributed by atoms with Gasteiger partial charge in [0.1, 0.15) is 6.54 Å². The molecule has 0 unspecified atom stereocenters. The second kappa shape index (κ2) is 8.63. The zero-order valence-corrected chi connectivity index (χ0v) is 18.0. The van der Waals surface area contributed by atoms with Crippen LogP contribution in [0.2, 0.25) is 0 Å². The highest BCUT2D eigenvalue weighted by molar-refractivity contribution is 9.10. The van der Waals surface area contributed by atoms with Gasteiger partial charge in [-0.15, -0.1) is 0 Å². The Morgan fingerprint density at radius 1 is 1.07 bits per heavy atom. The normalized spacial score (nSPS) is 13.3. The lowest BCUT2D eigenvalue weighted by Crippen LogP contribution is -2.38. The van der Waals surface area contributed by atoms with Gasteiger partial charge < -0.3 is 10.2 Å². The number of para-hydroxylation sites is 2. The molecule has 0 atom stereocenters. The van der Waals surface area contributed by atoms with Crippen LogP contribution in [-0.2, 0) is 9.59 Å². The minimum atomic E-state index is -0.268. The Hall–Kier alpha value is -3.25. The number of halogens is 1. The number of carbonyl (C=O) groups excluding carboxylic acids is 2. The molecule has 0 spiro atoms. The summed E-state index contributed by atoms with van der Waals surface area (Å²) >= 11 is 3.39. The summed E-state index contributed by atoms with van der Waals surface area (Å²) in [5, 5.41) is 2.85. The molecule has 1 aliphatic rings. The maximum Gasteiger partial charge on any atom is 0.244 e. The van der Waals surface area contributed by atoms with Crippen molar-refractivity contribution in [2.45, 2.75) is 13.3 Å². The molecule has 5 nitrogen and oxygen atoms in total. The zero-order valence-electron chi connectivity index (χ0n) is 16.4. The van der Waals surface area contributed by atoms with E-state index in [-0.39, 0.29) is 24.8 Å². The summed E-state index contributed by atoms with van der Waals surface area (Å²) < 4.78 is 0.868. The van der Waals surface area contributed by atoms with Gasteiger partial charge in [0.2, 0.25) is 11.8 Å². The number of hydrogen-bond acceptors (Lipinski definition) is 3. The number of anilines is 2. The van der Waals surface area contributed by atoms with Crippen molar-refractivity contribution in [2.24, 2.45) is 4.99 Å². The molecule has 0 aromatic heterocycles. The van der Waals surface area contributed by atoms with Crippen LogP contribution in [-0.4, -0.2) is 24.1 Å². The van der Waals surface area contributed by atoms with Gasteiger partial charge in [-0.2, -0.15) is 0 Å². The number of nitrogens with zero attached hydrogens (tertiary/aromatic N) is 2. The molecule has 150 valence electrons. The van der Waals surface area contributed by atoms with Crippen molar-refractivity contribution < 1.29 is 9.59 Å². The first-order valence-corrected chi connectivity index (χ1v) is 10.4. The van der Waals surface area contributed by atoms with Crippen LogP contribution in [0.5, 0.6) is 0 Å². The highest BCUT2D eigenvalue weighted by Crippen LogP contribution is 2.33. The van der Waals surface area contributed by atoms with E-state index in [1.165, 1.54) is 4.90 Å². The maximum atomic E-state index is 13.1. The Morgan fingerprint density at radius 3 is 2.60 bits per heavy atom. The highest BCUT2D eigenvalue weighted by Gasteiger charge is 2.26. The van der Waals surface area contributed by atoms with Crippen LogP contribution in [0.4, 0.5) is 17.1 Å². The summed E-state index contributed by atoms with van der Waals surface area (Å²) in [6.07, 6.45) is 0.127. The van der Waals surface area contributed by atoms with Crippen molar-refractivity contribution in [2.75, 3.05) is 16.8 Å². The van der Waals surface area contributed by atoms with Gasteiger partial charge in [-0.25, -0.2) is 0 Å². The fourth-order valence-corrected chi connectivity index (χ4v) is 3.74. The molecular weight excluding hydrogens is 442 g/mol. The number of aliphatic imine (C=N–C) groups is 1. The Kier molecular flexibility index (Phi) is 5.77. The fourth-order valence-electron chi connectivity index (χ4n) is 3.34. The number of carbonyl (C=O) groups is 2. The molecule has 3 aromatic rings. The van der Waals surface area contributed by atoms with Gasteiger partial charge in [-0.3, -0.25) is 14.6 Å². The van der Waals surface area contributed by atoms with Crippen LogP contribution in [0.25, 0.3) is 0 Å². The number of hydrogen-bond donors (Lipinski definition) is 1. The summed E-state index contributed by atoms with van der Waals surface area (Å²) in [4.78, 5) is 32.1. The summed E-state index contributed by atoms with van der Waals surface area (Å²) in [5.74, 6) is -0.432. The maximum absolute atomic E-state index is 13.1. The third kappa shape index (κ3) is 4.49. The molecule has 1 aliphatic heterocycles.